The third-order valence-corrected chi connectivity index (χ3v) is 1.75. The van der Waals surface area contributed by atoms with Crippen molar-refractivity contribution in [2.45, 2.75) is 12.5 Å². The number of nitrogens with two attached hydrogens (primary N) is 2. The third kappa shape index (κ3) is 5.68. The molecule has 0 saturated carbocycles. The van der Waals surface area contributed by atoms with Gasteiger partial charge in [0.05, 0.1) is 12.7 Å². The summed E-state index contributed by atoms with van der Waals surface area (Å²) in [4.78, 5) is 3.88. The first kappa shape index (κ1) is 12.5. The number of ether oxygens (including phenoxy) is 1. The number of morpholine rings is 1. The molecule has 5 nitrogen and oxygen atoms in total. The molecule has 0 spiro atoms. The van der Waals surface area contributed by atoms with Gasteiger partial charge < -0.3 is 21.5 Å². The predicted octanol–water partition coefficient (Wildman–Crippen LogP) is -0.940. The highest BCUT2D eigenvalue weighted by molar-refractivity contribution is 5.85. The molecule has 0 bridgehead atoms. The third-order valence-electron chi connectivity index (χ3n) is 1.75. The summed E-state index contributed by atoms with van der Waals surface area (Å²) in [5.74, 6) is 0.152. The second-order valence-electron chi connectivity index (χ2n) is 2.79. The van der Waals surface area contributed by atoms with Crippen LogP contribution in [0.5, 0.6) is 0 Å². The smallest absolute Gasteiger partial charge is 0.185 e. The monoisotopic (exact) mass is 208 g/mol. The number of nitrogens with zero attached hydrogens (tertiary/aromatic N) is 1. The summed E-state index contributed by atoms with van der Waals surface area (Å²) in [5.41, 5.74) is 10.4. The number of hydrogen-bond donors (Lipinski definition) is 3. The molecule has 78 valence electrons. The van der Waals surface area contributed by atoms with Crippen LogP contribution < -0.4 is 16.8 Å². The molecule has 0 aromatic rings. The van der Waals surface area contributed by atoms with E-state index in [1.165, 1.54) is 0 Å². The van der Waals surface area contributed by atoms with Gasteiger partial charge in [-0.2, -0.15) is 0 Å². The highest BCUT2D eigenvalue weighted by Crippen LogP contribution is 2.00. The van der Waals surface area contributed by atoms with Gasteiger partial charge in [0.2, 0.25) is 0 Å². The van der Waals surface area contributed by atoms with Gasteiger partial charge in [-0.25, -0.2) is 0 Å². The fourth-order valence-corrected chi connectivity index (χ4v) is 1.14. The van der Waals surface area contributed by atoms with Crippen LogP contribution in [0, 0.1) is 0 Å². The summed E-state index contributed by atoms with van der Waals surface area (Å²) in [7, 11) is 0. The lowest BCUT2D eigenvalue weighted by atomic mass is 10.2. The Labute approximate surface area is 84.3 Å². The van der Waals surface area contributed by atoms with Crippen LogP contribution in [0.2, 0.25) is 0 Å². The van der Waals surface area contributed by atoms with Crippen molar-refractivity contribution >= 4 is 18.4 Å². The molecule has 1 rings (SSSR count). The van der Waals surface area contributed by atoms with E-state index in [0.29, 0.717) is 6.54 Å². The minimum atomic E-state index is 0. The standard InChI is InChI=1S/C7H16N4O.ClH/c8-7(9)11-2-1-6-5-10-3-4-12-6;/h6,10H,1-5H2,(H4,8,9,11);1H. The molecule has 0 aromatic heterocycles. The fourth-order valence-electron chi connectivity index (χ4n) is 1.14. The van der Waals surface area contributed by atoms with Crippen LogP contribution in [0.4, 0.5) is 0 Å². The van der Waals surface area contributed by atoms with Gasteiger partial charge in [0.25, 0.3) is 0 Å². The van der Waals surface area contributed by atoms with E-state index in [-0.39, 0.29) is 24.5 Å². The largest absolute Gasteiger partial charge is 0.376 e. The van der Waals surface area contributed by atoms with Crippen molar-refractivity contribution in [3.63, 3.8) is 0 Å². The van der Waals surface area contributed by atoms with E-state index in [1.807, 2.05) is 0 Å². The first-order valence-corrected chi connectivity index (χ1v) is 4.17. The van der Waals surface area contributed by atoms with Gasteiger partial charge in [0, 0.05) is 19.6 Å². The SMILES string of the molecule is Cl.NC(N)=NCCC1CNCCO1. The molecular weight excluding hydrogens is 192 g/mol. The van der Waals surface area contributed by atoms with Gasteiger partial charge in [-0.15, -0.1) is 12.4 Å². The van der Waals surface area contributed by atoms with Crippen molar-refractivity contribution in [3.8, 4) is 0 Å². The molecule has 0 aromatic carbocycles. The highest BCUT2D eigenvalue weighted by Gasteiger charge is 2.11. The Balaban J connectivity index is 0.00000144. The first-order chi connectivity index (χ1) is 5.79. The Hall–Kier alpha value is -0.520. The molecule has 6 heteroatoms. The Bertz CT molecular complexity index is 155. The summed E-state index contributed by atoms with van der Waals surface area (Å²) in [6.07, 6.45) is 1.15. The molecule has 0 amide bonds. The van der Waals surface area contributed by atoms with Crippen LogP contribution in [0.25, 0.3) is 0 Å². The lowest BCUT2D eigenvalue weighted by Crippen LogP contribution is -2.38. The van der Waals surface area contributed by atoms with E-state index < -0.39 is 0 Å². The van der Waals surface area contributed by atoms with Crippen molar-refractivity contribution in [2.24, 2.45) is 16.5 Å². The van der Waals surface area contributed by atoms with Gasteiger partial charge in [0.15, 0.2) is 5.96 Å². The predicted molar refractivity (Wildman–Crippen MR) is 55.2 cm³/mol. The second kappa shape index (κ2) is 6.94. The molecule has 13 heavy (non-hydrogen) atoms. The minimum absolute atomic E-state index is 0. The van der Waals surface area contributed by atoms with Gasteiger partial charge >= 0.3 is 0 Å². The molecule has 0 aliphatic carbocycles. The van der Waals surface area contributed by atoms with E-state index >= 15 is 0 Å². The number of hydrogen-bond acceptors (Lipinski definition) is 3. The first-order valence-electron chi connectivity index (χ1n) is 4.17. The molecule has 1 aliphatic rings. The highest BCUT2D eigenvalue weighted by atomic mass is 35.5. The van der Waals surface area contributed by atoms with E-state index in [4.69, 9.17) is 16.2 Å². The van der Waals surface area contributed by atoms with Crippen LogP contribution in [-0.4, -0.2) is 38.3 Å². The number of nitrogens with one attached hydrogen (secondary N) is 1. The van der Waals surface area contributed by atoms with Gasteiger partial charge in [-0.3, -0.25) is 4.99 Å². The molecule has 1 unspecified atom stereocenters. The zero-order chi connectivity index (χ0) is 8.81. The average molecular weight is 209 g/mol. The van der Waals surface area contributed by atoms with Gasteiger partial charge in [-0.1, -0.05) is 0 Å². The Kier molecular flexibility index (Phi) is 6.66. The van der Waals surface area contributed by atoms with Crippen LogP contribution in [-0.2, 0) is 4.74 Å². The zero-order valence-corrected chi connectivity index (χ0v) is 8.35. The molecule has 1 aliphatic heterocycles. The average Bonchev–Trinajstić information content (AvgIpc) is 2.05. The molecule has 1 fully saturated rings. The van der Waals surface area contributed by atoms with Crippen molar-refractivity contribution in [3.05, 3.63) is 0 Å². The second-order valence-corrected chi connectivity index (χ2v) is 2.79. The van der Waals surface area contributed by atoms with E-state index in [0.717, 1.165) is 26.1 Å². The lowest BCUT2D eigenvalue weighted by Gasteiger charge is -2.22. The van der Waals surface area contributed by atoms with Gasteiger partial charge in [-0.05, 0) is 6.42 Å². The van der Waals surface area contributed by atoms with Gasteiger partial charge in [0.1, 0.15) is 0 Å². The summed E-state index contributed by atoms with van der Waals surface area (Å²) in [5, 5.41) is 3.24. The maximum atomic E-state index is 5.45. The maximum Gasteiger partial charge on any atom is 0.185 e. The van der Waals surface area contributed by atoms with Crippen molar-refractivity contribution < 1.29 is 4.74 Å². The van der Waals surface area contributed by atoms with Crippen molar-refractivity contribution in [1.29, 1.82) is 0 Å². The Morgan fingerprint density at radius 3 is 2.85 bits per heavy atom. The number of rotatable bonds is 3. The van der Waals surface area contributed by atoms with Crippen LogP contribution in [0.15, 0.2) is 4.99 Å². The normalized spacial score (nSPS) is 21.7. The Morgan fingerprint density at radius 1 is 1.54 bits per heavy atom. The topological polar surface area (TPSA) is 85.7 Å². The summed E-state index contributed by atoms with van der Waals surface area (Å²) >= 11 is 0. The maximum absolute atomic E-state index is 5.45. The molecule has 1 heterocycles. The summed E-state index contributed by atoms with van der Waals surface area (Å²) in [6.45, 7) is 3.28. The minimum Gasteiger partial charge on any atom is -0.376 e. The van der Waals surface area contributed by atoms with Crippen LogP contribution in [0.3, 0.4) is 0 Å². The van der Waals surface area contributed by atoms with Crippen molar-refractivity contribution in [2.75, 3.05) is 26.2 Å². The number of aliphatic imine (C=N–C) groups is 1. The number of guanidine groups is 1. The zero-order valence-electron chi connectivity index (χ0n) is 7.53. The van der Waals surface area contributed by atoms with E-state index in [9.17, 15) is 0 Å². The molecule has 0 radical (unpaired) electrons. The van der Waals surface area contributed by atoms with Crippen molar-refractivity contribution in [1.82, 2.24) is 5.32 Å². The van der Waals surface area contributed by atoms with Crippen LogP contribution in [0.1, 0.15) is 6.42 Å². The Morgan fingerprint density at radius 2 is 2.31 bits per heavy atom. The number of halogens is 1. The molecular formula is C7H17ClN4O. The fraction of sp³-hybridized carbons (Fsp3) is 0.857. The molecule has 1 atom stereocenters. The van der Waals surface area contributed by atoms with E-state index in [2.05, 4.69) is 10.3 Å². The summed E-state index contributed by atoms with van der Waals surface area (Å²) in [6, 6.07) is 0. The molecule has 5 N–H and O–H groups in total. The van der Waals surface area contributed by atoms with Crippen LogP contribution >= 0.6 is 12.4 Å². The van der Waals surface area contributed by atoms with E-state index in [1.54, 1.807) is 0 Å². The molecule has 1 saturated heterocycles. The lowest BCUT2D eigenvalue weighted by molar-refractivity contribution is 0.0252. The summed E-state index contributed by atoms with van der Waals surface area (Å²) < 4.78 is 5.45. The quantitative estimate of drug-likeness (QED) is 0.413.